The largest absolute Gasteiger partial charge is 0.373 e. The Bertz CT molecular complexity index is 578. The van der Waals surface area contributed by atoms with Crippen LogP contribution in [0.15, 0.2) is 12.7 Å². The first-order valence-electron chi connectivity index (χ1n) is 5.51. The average Bonchev–Trinajstić information content (AvgIpc) is 3.04. The molecular weight excluding hydrogens is 234 g/mol. The van der Waals surface area contributed by atoms with Crippen LogP contribution >= 0.6 is 0 Å². The van der Waals surface area contributed by atoms with E-state index < -0.39 is 6.03 Å². The molecular formula is C10H11N7O. The maximum Gasteiger partial charge on any atom is 0.373 e. The minimum Gasteiger partial charge on any atom is -0.243 e. The molecule has 0 amide bonds. The van der Waals surface area contributed by atoms with E-state index in [0.29, 0.717) is 12.2 Å². The second-order valence-electron chi connectivity index (χ2n) is 3.60. The number of rotatable bonds is 3. The maximum atomic E-state index is 11.9. The Morgan fingerprint density at radius 3 is 3.00 bits per heavy atom. The molecule has 0 aliphatic heterocycles. The van der Waals surface area contributed by atoms with Gasteiger partial charge in [-0.15, -0.1) is 9.78 Å². The third-order valence-corrected chi connectivity index (χ3v) is 2.30. The van der Waals surface area contributed by atoms with Crippen molar-refractivity contribution in [2.24, 2.45) is 0 Å². The molecule has 0 atom stereocenters. The molecule has 0 unspecified atom stereocenters. The van der Waals surface area contributed by atoms with Crippen LogP contribution in [0, 0.1) is 11.3 Å². The minimum atomic E-state index is -0.570. The molecule has 92 valence electrons. The summed E-state index contributed by atoms with van der Waals surface area (Å²) in [6.07, 6.45) is 5.03. The van der Waals surface area contributed by atoms with Gasteiger partial charge >= 0.3 is 6.03 Å². The van der Waals surface area contributed by atoms with Crippen molar-refractivity contribution in [2.45, 2.75) is 26.2 Å². The number of aryl methyl sites for hydroxylation is 1. The molecule has 18 heavy (non-hydrogen) atoms. The summed E-state index contributed by atoms with van der Waals surface area (Å²) in [5.41, 5.74) is 0. The van der Waals surface area contributed by atoms with Crippen molar-refractivity contribution in [3.63, 3.8) is 0 Å². The zero-order chi connectivity index (χ0) is 13.0. The monoisotopic (exact) mass is 245 g/mol. The van der Waals surface area contributed by atoms with Crippen molar-refractivity contribution in [2.75, 3.05) is 0 Å². The normalized spacial score (nSPS) is 10.2. The van der Waals surface area contributed by atoms with Crippen molar-refractivity contribution in [3.8, 4) is 6.07 Å². The van der Waals surface area contributed by atoms with Gasteiger partial charge < -0.3 is 0 Å². The number of hydrogen-bond donors (Lipinski definition) is 0. The number of hydrogen-bond acceptors (Lipinski definition) is 6. The predicted octanol–water partition coefficient (Wildman–Crippen LogP) is 0.600. The lowest BCUT2D eigenvalue weighted by Crippen LogP contribution is -2.22. The summed E-state index contributed by atoms with van der Waals surface area (Å²) < 4.78 is 1.94. The molecule has 0 spiro atoms. The zero-order valence-corrected chi connectivity index (χ0v) is 9.81. The molecule has 0 saturated carbocycles. The van der Waals surface area contributed by atoms with Gasteiger partial charge in [-0.2, -0.15) is 15.0 Å². The van der Waals surface area contributed by atoms with E-state index in [-0.39, 0.29) is 5.82 Å². The molecule has 2 aromatic heterocycles. The van der Waals surface area contributed by atoms with Crippen LogP contribution in [0.2, 0.25) is 0 Å². The van der Waals surface area contributed by atoms with Crippen LogP contribution in [0.1, 0.15) is 31.4 Å². The summed E-state index contributed by atoms with van der Waals surface area (Å²) in [5.74, 6) is 0.448. The van der Waals surface area contributed by atoms with E-state index in [1.807, 2.05) is 13.0 Å². The molecule has 2 rings (SSSR count). The van der Waals surface area contributed by atoms with Gasteiger partial charge in [0.1, 0.15) is 18.7 Å². The smallest absolute Gasteiger partial charge is 0.243 e. The van der Waals surface area contributed by atoms with E-state index in [1.54, 1.807) is 0 Å². The SMILES string of the molecule is CCCCc1nc(C#N)n(C(=O)n2cncn2)n1. The number of carbonyl (C=O) groups excluding carboxylic acids is 1. The van der Waals surface area contributed by atoms with Crippen LogP contribution in [-0.2, 0) is 6.42 Å². The molecule has 0 aliphatic rings. The number of aromatic nitrogens is 6. The summed E-state index contributed by atoms with van der Waals surface area (Å²) >= 11 is 0. The first-order valence-corrected chi connectivity index (χ1v) is 5.51. The Balaban J connectivity index is 2.30. The fourth-order valence-corrected chi connectivity index (χ4v) is 1.41. The van der Waals surface area contributed by atoms with Gasteiger partial charge in [0.05, 0.1) is 0 Å². The summed E-state index contributed by atoms with van der Waals surface area (Å²) in [6.45, 7) is 2.04. The number of nitriles is 1. The third kappa shape index (κ3) is 2.24. The molecule has 8 nitrogen and oxygen atoms in total. The Hall–Kier alpha value is -2.56. The summed E-state index contributed by atoms with van der Waals surface area (Å²) in [5, 5.41) is 16.6. The van der Waals surface area contributed by atoms with Crippen molar-refractivity contribution in [1.82, 2.24) is 29.5 Å². The van der Waals surface area contributed by atoms with E-state index in [0.717, 1.165) is 22.2 Å². The van der Waals surface area contributed by atoms with Crippen LogP contribution in [0.25, 0.3) is 0 Å². The van der Waals surface area contributed by atoms with Gasteiger partial charge in [0.2, 0.25) is 5.82 Å². The van der Waals surface area contributed by atoms with Crippen LogP contribution in [0.3, 0.4) is 0 Å². The Morgan fingerprint density at radius 2 is 2.39 bits per heavy atom. The number of carbonyl (C=O) groups is 1. The summed E-state index contributed by atoms with van der Waals surface area (Å²) in [6, 6.07) is 1.27. The highest BCUT2D eigenvalue weighted by molar-refractivity contribution is 5.78. The molecule has 0 aliphatic carbocycles. The van der Waals surface area contributed by atoms with Crippen molar-refractivity contribution < 1.29 is 4.79 Å². The second kappa shape index (κ2) is 5.18. The number of unbranched alkanes of at least 4 members (excludes halogenated alkanes) is 1. The molecule has 0 N–H and O–H groups in total. The summed E-state index contributed by atoms with van der Waals surface area (Å²) in [7, 11) is 0. The zero-order valence-electron chi connectivity index (χ0n) is 9.81. The molecule has 0 fully saturated rings. The first kappa shape index (κ1) is 11.9. The lowest BCUT2D eigenvalue weighted by Gasteiger charge is -1.98. The van der Waals surface area contributed by atoms with Gasteiger partial charge in [0.25, 0.3) is 0 Å². The van der Waals surface area contributed by atoms with E-state index in [2.05, 4.69) is 20.2 Å². The van der Waals surface area contributed by atoms with Gasteiger partial charge in [0, 0.05) is 6.42 Å². The fourth-order valence-electron chi connectivity index (χ4n) is 1.41. The molecule has 2 aromatic rings. The predicted molar refractivity (Wildman–Crippen MR) is 59.6 cm³/mol. The van der Waals surface area contributed by atoms with Crippen LogP contribution in [-0.4, -0.2) is 35.6 Å². The van der Waals surface area contributed by atoms with Crippen LogP contribution < -0.4 is 0 Å². The van der Waals surface area contributed by atoms with Gasteiger partial charge in [-0.1, -0.05) is 13.3 Å². The van der Waals surface area contributed by atoms with Crippen molar-refractivity contribution in [1.29, 1.82) is 5.26 Å². The lowest BCUT2D eigenvalue weighted by atomic mass is 10.2. The Morgan fingerprint density at radius 1 is 1.56 bits per heavy atom. The quantitative estimate of drug-likeness (QED) is 0.784. The third-order valence-electron chi connectivity index (χ3n) is 2.30. The van der Waals surface area contributed by atoms with E-state index in [4.69, 9.17) is 5.26 Å². The minimum absolute atomic E-state index is 0.0402. The number of nitrogens with zero attached hydrogens (tertiary/aromatic N) is 7. The Kier molecular flexibility index (Phi) is 3.43. The van der Waals surface area contributed by atoms with Crippen molar-refractivity contribution >= 4 is 6.03 Å². The topological polar surface area (TPSA) is 102 Å². The van der Waals surface area contributed by atoms with Crippen molar-refractivity contribution in [3.05, 3.63) is 24.3 Å². The average molecular weight is 245 g/mol. The molecule has 0 saturated heterocycles. The molecule has 0 bridgehead atoms. The highest BCUT2D eigenvalue weighted by Crippen LogP contribution is 2.03. The van der Waals surface area contributed by atoms with Gasteiger partial charge in [-0.3, -0.25) is 0 Å². The maximum absolute atomic E-state index is 11.9. The van der Waals surface area contributed by atoms with Gasteiger partial charge in [-0.05, 0) is 6.42 Å². The second-order valence-corrected chi connectivity index (χ2v) is 3.60. The molecule has 0 aromatic carbocycles. The van der Waals surface area contributed by atoms with Gasteiger partial charge in [0.15, 0.2) is 5.82 Å². The fraction of sp³-hybridized carbons (Fsp3) is 0.400. The van der Waals surface area contributed by atoms with Crippen LogP contribution in [0.4, 0.5) is 4.79 Å². The van der Waals surface area contributed by atoms with E-state index in [9.17, 15) is 4.79 Å². The van der Waals surface area contributed by atoms with E-state index in [1.165, 1.54) is 12.7 Å². The Labute approximate surface area is 103 Å². The molecule has 2 heterocycles. The standard InChI is InChI=1S/C10H11N7O/c1-2-3-4-8-14-9(5-11)17(15-8)10(18)16-7-12-6-13-16/h6-7H,2-4H2,1H3. The van der Waals surface area contributed by atoms with E-state index >= 15 is 0 Å². The molecule has 8 heteroatoms. The highest BCUT2D eigenvalue weighted by Gasteiger charge is 2.17. The lowest BCUT2D eigenvalue weighted by molar-refractivity contribution is 0.237. The highest BCUT2D eigenvalue weighted by atomic mass is 16.2. The summed E-state index contributed by atoms with van der Waals surface area (Å²) in [4.78, 5) is 19.6. The molecule has 0 radical (unpaired) electrons. The van der Waals surface area contributed by atoms with Gasteiger partial charge in [-0.25, -0.2) is 14.8 Å². The van der Waals surface area contributed by atoms with Crippen LogP contribution in [0.5, 0.6) is 0 Å². The first-order chi connectivity index (χ1) is 8.76.